The Morgan fingerprint density at radius 3 is 2.58 bits per heavy atom. The minimum atomic E-state index is -4.60. The molecule has 1 aromatic carbocycles. The van der Waals surface area contributed by atoms with Gasteiger partial charge in [0.05, 0.1) is 5.56 Å². The highest BCUT2D eigenvalue weighted by Crippen LogP contribution is 2.35. The minimum Gasteiger partial charge on any atom is -0.587 e. The number of ether oxygens (including phenoxy) is 1. The summed E-state index contributed by atoms with van der Waals surface area (Å²) in [6, 6.07) is 4.81. The van der Waals surface area contributed by atoms with Crippen LogP contribution in [0.3, 0.4) is 0 Å². The first-order valence-corrected chi connectivity index (χ1v) is 9.90. The second kappa shape index (κ2) is 8.73. The first kappa shape index (κ1) is 22.8. The number of hydrogen-bond donors (Lipinski definition) is 1. The Kier molecular flexibility index (Phi) is 6.43. The molecule has 13 heteroatoms. The molecule has 0 aliphatic carbocycles. The molecule has 0 aliphatic rings. The van der Waals surface area contributed by atoms with E-state index in [2.05, 4.69) is 15.3 Å². The van der Waals surface area contributed by atoms with E-state index in [1.807, 2.05) is 0 Å². The van der Waals surface area contributed by atoms with Crippen LogP contribution in [0.4, 0.5) is 23.4 Å². The highest BCUT2D eigenvalue weighted by molar-refractivity contribution is 7.90. The van der Waals surface area contributed by atoms with Crippen molar-refractivity contribution in [3.63, 3.8) is 0 Å². The number of pyridine rings is 1. The molecule has 0 amide bonds. The zero-order valence-corrected chi connectivity index (χ0v) is 17.4. The van der Waals surface area contributed by atoms with Gasteiger partial charge in [-0.25, -0.2) is 14.2 Å². The highest BCUT2D eigenvalue weighted by Gasteiger charge is 2.32. The number of alkyl halides is 3. The molecule has 0 saturated heterocycles. The average Bonchev–Trinajstić information content (AvgIpc) is 2.69. The summed E-state index contributed by atoms with van der Waals surface area (Å²) in [6.45, 7) is 1.55. The lowest BCUT2D eigenvalue weighted by Gasteiger charge is -2.14. The molecule has 2 heterocycles. The standard InChI is InChI=1S/C18H13ClF4N4O3S/c1-9-5-11(30-16-12(19)6-10(7-25-16)18(21,22)23)3-4-14(9)31(29)27-8-13(20)15(24-2)26-17(27)28/h3-8H,1-2H3,(H,24,26,28)/t31-/m1/s1. The van der Waals surface area contributed by atoms with Crippen LogP contribution in [0.15, 0.2) is 46.3 Å². The molecule has 1 N–H and O–H groups in total. The molecule has 1 atom stereocenters. The predicted molar refractivity (Wildman–Crippen MR) is 105 cm³/mol. The van der Waals surface area contributed by atoms with E-state index in [1.54, 1.807) is 6.92 Å². The third-order valence-corrected chi connectivity index (χ3v) is 5.68. The summed E-state index contributed by atoms with van der Waals surface area (Å²) < 4.78 is 70.9. The van der Waals surface area contributed by atoms with Crippen LogP contribution in [0.1, 0.15) is 11.1 Å². The maximum Gasteiger partial charge on any atom is 0.417 e. The van der Waals surface area contributed by atoms with Gasteiger partial charge in [0, 0.05) is 18.8 Å². The molecular weight excluding hydrogens is 464 g/mol. The minimum absolute atomic E-state index is 0.148. The third-order valence-electron chi connectivity index (χ3n) is 3.95. The summed E-state index contributed by atoms with van der Waals surface area (Å²) in [4.78, 5) is 19.3. The number of rotatable bonds is 5. The van der Waals surface area contributed by atoms with Crippen LogP contribution < -0.4 is 15.7 Å². The van der Waals surface area contributed by atoms with Crippen molar-refractivity contribution in [3.8, 4) is 11.6 Å². The number of hydrogen-bond acceptors (Lipinski definition) is 6. The first-order valence-electron chi connectivity index (χ1n) is 8.41. The topological polar surface area (TPSA) is 92.1 Å². The van der Waals surface area contributed by atoms with Gasteiger partial charge in [0.1, 0.15) is 28.3 Å². The summed E-state index contributed by atoms with van der Waals surface area (Å²) in [7, 11) is 1.38. The van der Waals surface area contributed by atoms with Crippen molar-refractivity contribution in [1.82, 2.24) is 13.9 Å². The summed E-state index contributed by atoms with van der Waals surface area (Å²) in [6.07, 6.45) is -3.25. The summed E-state index contributed by atoms with van der Waals surface area (Å²) in [5.74, 6) is -1.25. The van der Waals surface area contributed by atoms with Crippen LogP contribution in [0.2, 0.25) is 5.02 Å². The number of aryl methyl sites for hydroxylation is 1. The average molecular weight is 477 g/mol. The lowest BCUT2D eigenvalue weighted by Crippen LogP contribution is -2.30. The Morgan fingerprint density at radius 1 is 1.29 bits per heavy atom. The molecule has 3 rings (SSSR count). The summed E-state index contributed by atoms with van der Waals surface area (Å²) in [5.41, 5.74) is -1.56. The van der Waals surface area contributed by atoms with Gasteiger partial charge in [-0.15, -0.1) is 3.97 Å². The number of anilines is 1. The van der Waals surface area contributed by atoms with E-state index in [4.69, 9.17) is 16.3 Å². The number of nitrogens with one attached hydrogen (secondary N) is 1. The Labute approximate surface area is 181 Å². The molecular formula is C18H13ClF4N4O3S. The fourth-order valence-electron chi connectivity index (χ4n) is 2.47. The molecule has 31 heavy (non-hydrogen) atoms. The Morgan fingerprint density at radius 2 is 2.00 bits per heavy atom. The van der Waals surface area contributed by atoms with Gasteiger partial charge in [-0.05, 0) is 31.2 Å². The first-order chi connectivity index (χ1) is 14.5. The van der Waals surface area contributed by atoms with Crippen LogP contribution in [0.25, 0.3) is 0 Å². The molecule has 0 saturated carbocycles. The van der Waals surface area contributed by atoms with Crippen molar-refractivity contribution in [1.29, 1.82) is 0 Å². The van der Waals surface area contributed by atoms with Gasteiger partial charge >= 0.3 is 11.9 Å². The summed E-state index contributed by atoms with van der Waals surface area (Å²) >= 11 is 3.71. The van der Waals surface area contributed by atoms with E-state index in [9.17, 15) is 26.9 Å². The fraction of sp³-hybridized carbons (Fsp3) is 0.167. The molecule has 0 fully saturated rings. The maximum absolute atomic E-state index is 13.9. The molecule has 2 aromatic heterocycles. The highest BCUT2D eigenvalue weighted by atomic mass is 35.5. The van der Waals surface area contributed by atoms with Crippen LogP contribution in [-0.2, 0) is 17.5 Å². The van der Waals surface area contributed by atoms with Gasteiger partial charge in [0.25, 0.3) is 0 Å². The Hall–Kier alpha value is -2.83. The van der Waals surface area contributed by atoms with Gasteiger partial charge in [-0.2, -0.15) is 18.2 Å². The summed E-state index contributed by atoms with van der Waals surface area (Å²) in [5, 5.41) is 2.06. The van der Waals surface area contributed by atoms with Crippen molar-refractivity contribution >= 4 is 28.8 Å². The predicted octanol–water partition coefficient (Wildman–Crippen LogP) is 4.16. The lowest BCUT2D eigenvalue weighted by atomic mass is 10.2. The smallest absolute Gasteiger partial charge is 0.417 e. The number of halogens is 5. The lowest BCUT2D eigenvalue weighted by molar-refractivity contribution is -0.137. The van der Waals surface area contributed by atoms with E-state index >= 15 is 0 Å². The number of aromatic nitrogens is 3. The van der Waals surface area contributed by atoms with E-state index in [0.29, 0.717) is 21.8 Å². The number of benzene rings is 1. The fourth-order valence-corrected chi connectivity index (χ4v) is 3.77. The van der Waals surface area contributed by atoms with Crippen molar-refractivity contribution < 1.29 is 26.9 Å². The van der Waals surface area contributed by atoms with Gasteiger partial charge < -0.3 is 14.6 Å². The molecule has 0 spiro atoms. The maximum atomic E-state index is 13.9. The molecule has 0 bridgehead atoms. The van der Waals surface area contributed by atoms with Crippen LogP contribution >= 0.6 is 11.6 Å². The number of nitrogens with zero attached hydrogens (tertiary/aromatic N) is 3. The third kappa shape index (κ3) is 4.92. The Balaban J connectivity index is 1.87. The van der Waals surface area contributed by atoms with E-state index in [0.717, 1.165) is 6.20 Å². The monoisotopic (exact) mass is 476 g/mol. The van der Waals surface area contributed by atoms with E-state index < -0.39 is 34.6 Å². The zero-order valence-electron chi connectivity index (χ0n) is 15.8. The molecule has 0 aliphatic heterocycles. The van der Waals surface area contributed by atoms with Gasteiger partial charge in [-0.1, -0.05) is 11.6 Å². The molecule has 7 nitrogen and oxygen atoms in total. The van der Waals surface area contributed by atoms with Crippen LogP contribution in [-0.4, -0.2) is 25.5 Å². The normalized spacial score (nSPS) is 12.5. The molecule has 3 aromatic rings. The largest absolute Gasteiger partial charge is 0.587 e. The van der Waals surface area contributed by atoms with Gasteiger partial charge in [0.2, 0.25) is 5.88 Å². The van der Waals surface area contributed by atoms with Crippen molar-refractivity contribution in [2.75, 3.05) is 12.4 Å². The Bertz CT molecular complexity index is 1190. The van der Waals surface area contributed by atoms with Gasteiger partial charge in [-0.3, -0.25) is 0 Å². The SMILES string of the molecule is CNc1nc(=O)n([S@+]([O-])c2ccc(Oc3ncc(C(F)(F)F)cc3Cl)cc2C)cc1F. The second-order valence-corrected chi connectivity index (χ2v) is 7.82. The molecule has 0 radical (unpaired) electrons. The molecule has 164 valence electrons. The molecule has 0 unspecified atom stereocenters. The van der Waals surface area contributed by atoms with Gasteiger partial charge in [0.15, 0.2) is 16.5 Å². The van der Waals surface area contributed by atoms with Crippen molar-refractivity contribution in [2.45, 2.75) is 18.0 Å². The van der Waals surface area contributed by atoms with Crippen LogP contribution in [0.5, 0.6) is 11.6 Å². The van der Waals surface area contributed by atoms with Crippen molar-refractivity contribution in [3.05, 3.63) is 69.1 Å². The second-order valence-electron chi connectivity index (χ2n) is 6.08. The van der Waals surface area contributed by atoms with E-state index in [1.165, 1.54) is 25.2 Å². The zero-order chi connectivity index (χ0) is 22.9. The quantitative estimate of drug-likeness (QED) is 0.439. The van der Waals surface area contributed by atoms with Crippen molar-refractivity contribution in [2.24, 2.45) is 0 Å². The van der Waals surface area contributed by atoms with E-state index in [-0.39, 0.29) is 27.4 Å². The van der Waals surface area contributed by atoms with Crippen LogP contribution in [0, 0.1) is 12.7 Å².